The third kappa shape index (κ3) is 3.50. The van der Waals surface area contributed by atoms with Crippen LogP contribution in [0.1, 0.15) is 43.0 Å². The van der Waals surface area contributed by atoms with E-state index in [-0.39, 0.29) is 11.8 Å². The molecule has 0 saturated heterocycles. The lowest BCUT2D eigenvalue weighted by Gasteiger charge is -2.22. The Hall–Kier alpha value is -3.15. The van der Waals surface area contributed by atoms with Gasteiger partial charge in [0, 0.05) is 29.8 Å². The topological polar surface area (TPSA) is 86.9 Å². The summed E-state index contributed by atoms with van der Waals surface area (Å²) >= 11 is 0. The number of carbonyl (C=O) groups excluding carboxylic acids is 2. The van der Waals surface area contributed by atoms with Crippen LogP contribution in [-0.4, -0.2) is 27.8 Å². The molecule has 1 heterocycles. The summed E-state index contributed by atoms with van der Waals surface area (Å²) in [5.74, 6) is 2.12. The third-order valence-corrected chi connectivity index (χ3v) is 6.28. The standard InChI is InChI=1S/C23H24N4O2/c1-13(28)24-18-8-9-19-21(12-18)26-22(25-19)15-4-6-16(7-5-15)23(29)27-20-11-14-2-3-17(20)10-14/h4-9,12,14,17,20H,2-3,10-11H2,1H3,(H,24,28)(H,25,26)(H,27,29). The van der Waals surface area contributed by atoms with Crippen LogP contribution < -0.4 is 10.6 Å². The van der Waals surface area contributed by atoms with E-state index in [1.54, 1.807) is 0 Å². The predicted octanol–water partition coefficient (Wildman–Crippen LogP) is 4.11. The molecule has 2 aliphatic carbocycles. The van der Waals surface area contributed by atoms with Gasteiger partial charge in [-0.25, -0.2) is 4.98 Å². The van der Waals surface area contributed by atoms with Crippen LogP contribution in [0.25, 0.3) is 22.4 Å². The molecule has 148 valence electrons. The number of rotatable bonds is 4. The fraction of sp³-hybridized carbons (Fsp3) is 0.348. The van der Waals surface area contributed by atoms with E-state index in [9.17, 15) is 9.59 Å². The van der Waals surface area contributed by atoms with E-state index >= 15 is 0 Å². The fourth-order valence-electron chi connectivity index (χ4n) is 4.88. The third-order valence-electron chi connectivity index (χ3n) is 6.28. The van der Waals surface area contributed by atoms with E-state index in [0.717, 1.165) is 40.4 Å². The van der Waals surface area contributed by atoms with Crippen LogP contribution in [0.4, 0.5) is 5.69 Å². The zero-order chi connectivity index (χ0) is 20.0. The first-order valence-corrected chi connectivity index (χ1v) is 10.2. The number of H-pyrrole nitrogens is 1. The number of carbonyl (C=O) groups is 2. The monoisotopic (exact) mass is 388 g/mol. The predicted molar refractivity (Wildman–Crippen MR) is 113 cm³/mol. The van der Waals surface area contributed by atoms with Crippen LogP contribution in [0.5, 0.6) is 0 Å². The van der Waals surface area contributed by atoms with Crippen molar-refractivity contribution in [3.8, 4) is 11.4 Å². The number of fused-ring (bicyclic) bond motifs is 3. The number of benzene rings is 2. The van der Waals surface area contributed by atoms with Gasteiger partial charge in [0.1, 0.15) is 5.82 Å². The maximum absolute atomic E-state index is 12.6. The molecule has 2 aliphatic rings. The van der Waals surface area contributed by atoms with E-state index in [1.165, 1.54) is 26.2 Å². The first-order valence-electron chi connectivity index (χ1n) is 10.2. The van der Waals surface area contributed by atoms with Gasteiger partial charge in [-0.2, -0.15) is 0 Å². The van der Waals surface area contributed by atoms with Gasteiger partial charge in [-0.3, -0.25) is 9.59 Å². The lowest BCUT2D eigenvalue weighted by atomic mass is 9.95. The summed E-state index contributed by atoms with van der Waals surface area (Å²) < 4.78 is 0. The van der Waals surface area contributed by atoms with Crippen molar-refractivity contribution in [2.75, 3.05) is 5.32 Å². The molecule has 29 heavy (non-hydrogen) atoms. The zero-order valence-corrected chi connectivity index (χ0v) is 16.4. The normalized spacial score (nSPS) is 22.7. The van der Waals surface area contributed by atoms with Crippen molar-refractivity contribution in [1.29, 1.82) is 0 Å². The molecule has 2 fully saturated rings. The van der Waals surface area contributed by atoms with E-state index in [4.69, 9.17) is 0 Å². The van der Waals surface area contributed by atoms with Crippen LogP contribution in [0.15, 0.2) is 42.5 Å². The van der Waals surface area contributed by atoms with Gasteiger partial charge in [0.2, 0.25) is 5.91 Å². The molecule has 1 aromatic heterocycles. The van der Waals surface area contributed by atoms with E-state index in [0.29, 0.717) is 17.5 Å². The number of hydrogen-bond acceptors (Lipinski definition) is 3. The van der Waals surface area contributed by atoms with Gasteiger partial charge in [0.05, 0.1) is 11.0 Å². The fourth-order valence-corrected chi connectivity index (χ4v) is 4.88. The minimum atomic E-state index is -0.108. The lowest BCUT2D eigenvalue weighted by molar-refractivity contribution is -0.114. The minimum Gasteiger partial charge on any atom is -0.349 e. The minimum absolute atomic E-state index is 0.0126. The Labute approximate surface area is 169 Å². The van der Waals surface area contributed by atoms with Crippen LogP contribution in [0.3, 0.4) is 0 Å². The second-order valence-corrected chi connectivity index (χ2v) is 8.33. The quantitative estimate of drug-likeness (QED) is 0.629. The molecule has 3 atom stereocenters. The van der Waals surface area contributed by atoms with Gasteiger partial charge in [-0.05, 0) is 61.4 Å². The number of amides is 2. The average molecular weight is 388 g/mol. The summed E-state index contributed by atoms with van der Waals surface area (Å²) in [7, 11) is 0. The molecule has 3 N–H and O–H groups in total. The molecule has 0 spiro atoms. The van der Waals surface area contributed by atoms with Crippen LogP contribution in [0, 0.1) is 11.8 Å². The number of nitrogens with one attached hydrogen (secondary N) is 3. The average Bonchev–Trinajstić information content (AvgIpc) is 3.42. The van der Waals surface area contributed by atoms with Crippen molar-refractivity contribution < 1.29 is 9.59 Å². The highest BCUT2D eigenvalue weighted by Gasteiger charge is 2.40. The molecule has 2 bridgehead atoms. The number of nitrogens with zero attached hydrogens (tertiary/aromatic N) is 1. The summed E-state index contributed by atoms with van der Waals surface area (Å²) in [6.45, 7) is 1.48. The first kappa shape index (κ1) is 17.9. The maximum atomic E-state index is 12.6. The Bertz CT molecular complexity index is 1090. The van der Waals surface area contributed by atoms with Gasteiger partial charge in [-0.15, -0.1) is 0 Å². The van der Waals surface area contributed by atoms with Gasteiger partial charge < -0.3 is 15.6 Å². The zero-order valence-electron chi connectivity index (χ0n) is 16.4. The number of aromatic amines is 1. The highest BCUT2D eigenvalue weighted by molar-refractivity contribution is 5.95. The highest BCUT2D eigenvalue weighted by atomic mass is 16.2. The Kier molecular flexibility index (Phi) is 4.34. The lowest BCUT2D eigenvalue weighted by Crippen LogP contribution is -2.38. The Morgan fingerprint density at radius 3 is 2.59 bits per heavy atom. The molecule has 2 aromatic carbocycles. The van der Waals surface area contributed by atoms with Crippen molar-refractivity contribution in [1.82, 2.24) is 15.3 Å². The van der Waals surface area contributed by atoms with Crippen molar-refractivity contribution in [2.24, 2.45) is 11.8 Å². The molecule has 6 heteroatoms. The van der Waals surface area contributed by atoms with Crippen molar-refractivity contribution >= 4 is 28.5 Å². The molecule has 0 radical (unpaired) electrons. The van der Waals surface area contributed by atoms with Crippen LogP contribution in [0.2, 0.25) is 0 Å². The molecule has 5 rings (SSSR count). The molecule has 2 saturated carbocycles. The Morgan fingerprint density at radius 1 is 1.07 bits per heavy atom. The Balaban J connectivity index is 1.31. The number of hydrogen-bond donors (Lipinski definition) is 3. The summed E-state index contributed by atoms with van der Waals surface area (Å²) in [5, 5.41) is 6.01. The summed E-state index contributed by atoms with van der Waals surface area (Å²) in [6, 6.07) is 13.5. The van der Waals surface area contributed by atoms with Crippen LogP contribution in [-0.2, 0) is 4.79 Å². The molecular weight excluding hydrogens is 364 g/mol. The first-order chi connectivity index (χ1) is 14.0. The number of aromatic nitrogens is 2. The van der Waals surface area contributed by atoms with Gasteiger partial charge in [0.15, 0.2) is 0 Å². The molecular formula is C23H24N4O2. The maximum Gasteiger partial charge on any atom is 0.251 e. The number of anilines is 1. The summed E-state index contributed by atoms with van der Waals surface area (Å²) in [5.41, 5.74) is 4.00. The van der Waals surface area contributed by atoms with E-state index < -0.39 is 0 Å². The molecule has 3 aromatic rings. The summed E-state index contributed by atoms with van der Waals surface area (Å²) in [6.07, 6.45) is 4.99. The molecule has 2 amide bonds. The SMILES string of the molecule is CC(=O)Nc1ccc2nc(-c3ccc(C(=O)NC4CC5CCC4C5)cc3)[nH]c2c1. The Morgan fingerprint density at radius 2 is 1.90 bits per heavy atom. The molecule has 6 nitrogen and oxygen atoms in total. The largest absolute Gasteiger partial charge is 0.349 e. The van der Waals surface area contributed by atoms with Crippen molar-refractivity contribution in [3.63, 3.8) is 0 Å². The van der Waals surface area contributed by atoms with Gasteiger partial charge >= 0.3 is 0 Å². The van der Waals surface area contributed by atoms with E-state index in [2.05, 4.69) is 20.6 Å². The number of imidazole rings is 1. The van der Waals surface area contributed by atoms with Gasteiger partial charge in [0.25, 0.3) is 5.91 Å². The summed E-state index contributed by atoms with van der Waals surface area (Å²) in [4.78, 5) is 31.8. The van der Waals surface area contributed by atoms with E-state index in [1.807, 2.05) is 42.5 Å². The smallest absolute Gasteiger partial charge is 0.251 e. The van der Waals surface area contributed by atoms with Crippen molar-refractivity contribution in [2.45, 2.75) is 38.6 Å². The molecule has 0 aliphatic heterocycles. The molecule has 3 unspecified atom stereocenters. The second-order valence-electron chi connectivity index (χ2n) is 8.33. The highest BCUT2D eigenvalue weighted by Crippen LogP contribution is 2.44. The van der Waals surface area contributed by atoms with Crippen LogP contribution >= 0.6 is 0 Å². The van der Waals surface area contributed by atoms with Gasteiger partial charge in [-0.1, -0.05) is 18.6 Å². The second kappa shape index (κ2) is 7.03. The van der Waals surface area contributed by atoms with Crippen molar-refractivity contribution in [3.05, 3.63) is 48.0 Å².